The SMILES string of the molecule is CCc1ccc(C(Cl)c2ccc3c(c2)CCC3)s1. The highest BCUT2D eigenvalue weighted by atomic mass is 35.5. The maximum atomic E-state index is 6.61. The first kappa shape index (κ1) is 12.3. The van der Waals surface area contributed by atoms with Crippen molar-refractivity contribution in [1.29, 1.82) is 0 Å². The molecule has 0 saturated heterocycles. The van der Waals surface area contributed by atoms with Crippen molar-refractivity contribution >= 4 is 22.9 Å². The van der Waals surface area contributed by atoms with Gasteiger partial charge in [0.2, 0.25) is 0 Å². The summed E-state index contributed by atoms with van der Waals surface area (Å²) in [6, 6.07) is 11.1. The Hall–Kier alpha value is -0.790. The Kier molecular flexibility index (Phi) is 3.45. The summed E-state index contributed by atoms with van der Waals surface area (Å²) in [7, 11) is 0. The molecule has 18 heavy (non-hydrogen) atoms. The molecule has 1 aliphatic carbocycles. The van der Waals surface area contributed by atoms with Crippen LogP contribution in [-0.4, -0.2) is 0 Å². The van der Waals surface area contributed by atoms with E-state index in [1.54, 1.807) is 0 Å². The van der Waals surface area contributed by atoms with E-state index in [0.29, 0.717) is 0 Å². The smallest absolute Gasteiger partial charge is 0.0927 e. The fourth-order valence-corrected chi connectivity index (χ4v) is 3.94. The molecule has 0 amide bonds. The lowest BCUT2D eigenvalue weighted by molar-refractivity contribution is 0.911. The molecule has 2 aromatic rings. The van der Waals surface area contributed by atoms with E-state index in [-0.39, 0.29) is 5.38 Å². The van der Waals surface area contributed by atoms with Crippen LogP contribution in [0.15, 0.2) is 30.3 Å². The first-order chi connectivity index (χ1) is 8.78. The van der Waals surface area contributed by atoms with Crippen molar-refractivity contribution in [1.82, 2.24) is 0 Å². The van der Waals surface area contributed by atoms with Crippen LogP contribution in [0.3, 0.4) is 0 Å². The highest BCUT2D eigenvalue weighted by molar-refractivity contribution is 7.12. The largest absolute Gasteiger partial charge is 0.143 e. The normalized spacial score (nSPS) is 15.7. The van der Waals surface area contributed by atoms with E-state index in [0.717, 1.165) is 6.42 Å². The minimum absolute atomic E-state index is 0.0150. The van der Waals surface area contributed by atoms with Crippen LogP contribution in [0.4, 0.5) is 0 Å². The van der Waals surface area contributed by atoms with Crippen molar-refractivity contribution in [2.45, 2.75) is 38.0 Å². The predicted octanol–water partition coefficient (Wildman–Crippen LogP) is 5.13. The van der Waals surface area contributed by atoms with E-state index in [2.05, 4.69) is 37.3 Å². The van der Waals surface area contributed by atoms with E-state index in [9.17, 15) is 0 Å². The molecule has 94 valence electrons. The summed E-state index contributed by atoms with van der Waals surface area (Å²) in [6.45, 7) is 2.19. The first-order valence-corrected chi connectivity index (χ1v) is 7.87. The third-order valence-corrected chi connectivity index (χ3v) is 5.61. The zero-order valence-corrected chi connectivity index (χ0v) is 12.2. The molecule has 2 heteroatoms. The Labute approximate surface area is 118 Å². The molecule has 3 rings (SSSR count). The lowest BCUT2D eigenvalue weighted by Crippen LogP contribution is -1.92. The van der Waals surface area contributed by atoms with Gasteiger partial charge in [0.05, 0.1) is 5.38 Å². The molecule has 1 aliphatic rings. The molecule has 1 atom stereocenters. The number of alkyl halides is 1. The molecular formula is C16H17ClS. The van der Waals surface area contributed by atoms with Crippen LogP contribution in [0.2, 0.25) is 0 Å². The van der Waals surface area contributed by atoms with Gasteiger partial charge in [0.25, 0.3) is 0 Å². The first-order valence-electron chi connectivity index (χ1n) is 6.62. The standard InChI is InChI=1S/C16H17ClS/c1-2-14-8-9-15(18-14)16(17)13-7-6-11-4-3-5-12(11)10-13/h6-10,16H,2-5H2,1H3. The van der Waals surface area contributed by atoms with E-state index in [1.807, 2.05) is 11.3 Å². The van der Waals surface area contributed by atoms with Crippen molar-refractivity contribution in [2.24, 2.45) is 0 Å². The van der Waals surface area contributed by atoms with Gasteiger partial charge in [0.15, 0.2) is 0 Å². The maximum Gasteiger partial charge on any atom is 0.0927 e. The van der Waals surface area contributed by atoms with Crippen molar-refractivity contribution in [3.63, 3.8) is 0 Å². The minimum Gasteiger partial charge on any atom is -0.143 e. The molecule has 0 fully saturated rings. The molecule has 0 aliphatic heterocycles. The van der Waals surface area contributed by atoms with Gasteiger partial charge in [-0.05, 0) is 54.5 Å². The van der Waals surface area contributed by atoms with Gasteiger partial charge >= 0.3 is 0 Å². The Morgan fingerprint density at radius 2 is 2.00 bits per heavy atom. The van der Waals surface area contributed by atoms with Gasteiger partial charge in [-0.3, -0.25) is 0 Å². The van der Waals surface area contributed by atoms with Gasteiger partial charge in [-0.1, -0.05) is 25.1 Å². The summed E-state index contributed by atoms with van der Waals surface area (Å²) in [5.41, 5.74) is 4.27. The molecule has 1 aromatic heterocycles. The summed E-state index contributed by atoms with van der Waals surface area (Å²) >= 11 is 8.45. The Morgan fingerprint density at radius 3 is 2.78 bits per heavy atom. The molecule has 0 bridgehead atoms. The molecule has 0 N–H and O–H groups in total. The number of hydrogen-bond donors (Lipinski definition) is 0. The molecule has 0 spiro atoms. The Bertz CT molecular complexity index is 556. The van der Waals surface area contributed by atoms with Crippen LogP contribution in [0.25, 0.3) is 0 Å². The number of fused-ring (bicyclic) bond motifs is 1. The number of hydrogen-bond acceptors (Lipinski definition) is 1. The average molecular weight is 277 g/mol. The average Bonchev–Trinajstić information content (AvgIpc) is 3.05. The number of thiophene rings is 1. The summed E-state index contributed by atoms with van der Waals surface area (Å²) < 4.78 is 0. The lowest BCUT2D eigenvalue weighted by atomic mass is 10.0. The third kappa shape index (κ3) is 2.22. The Balaban J connectivity index is 1.89. The second-order valence-corrected chi connectivity index (χ2v) is 6.54. The zero-order valence-electron chi connectivity index (χ0n) is 10.6. The molecule has 0 saturated carbocycles. The Morgan fingerprint density at radius 1 is 1.17 bits per heavy atom. The second-order valence-electron chi connectivity index (χ2n) is 4.90. The zero-order chi connectivity index (χ0) is 12.5. The van der Waals surface area contributed by atoms with Crippen molar-refractivity contribution in [3.8, 4) is 0 Å². The van der Waals surface area contributed by atoms with Gasteiger partial charge in [-0.15, -0.1) is 22.9 Å². The van der Waals surface area contributed by atoms with Crippen molar-refractivity contribution in [3.05, 3.63) is 56.8 Å². The highest BCUT2D eigenvalue weighted by Crippen LogP contribution is 2.35. The number of aryl methyl sites for hydroxylation is 3. The highest BCUT2D eigenvalue weighted by Gasteiger charge is 2.17. The van der Waals surface area contributed by atoms with E-state index in [1.165, 1.54) is 45.7 Å². The van der Waals surface area contributed by atoms with Crippen molar-refractivity contribution < 1.29 is 0 Å². The van der Waals surface area contributed by atoms with Crippen LogP contribution in [0.1, 0.15) is 45.2 Å². The molecule has 0 nitrogen and oxygen atoms in total. The summed E-state index contributed by atoms with van der Waals surface area (Å²) in [4.78, 5) is 2.68. The lowest BCUT2D eigenvalue weighted by Gasteiger charge is -2.10. The van der Waals surface area contributed by atoms with Crippen molar-refractivity contribution in [2.75, 3.05) is 0 Å². The van der Waals surface area contributed by atoms with Gasteiger partial charge in [-0.2, -0.15) is 0 Å². The van der Waals surface area contributed by atoms with Crippen LogP contribution in [-0.2, 0) is 19.3 Å². The molecular weight excluding hydrogens is 260 g/mol. The number of rotatable bonds is 3. The quantitative estimate of drug-likeness (QED) is 0.682. The fraction of sp³-hybridized carbons (Fsp3) is 0.375. The predicted molar refractivity (Wildman–Crippen MR) is 79.9 cm³/mol. The van der Waals surface area contributed by atoms with Crippen LogP contribution < -0.4 is 0 Å². The maximum absolute atomic E-state index is 6.61. The number of benzene rings is 1. The molecule has 1 aromatic carbocycles. The third-order valence-electron chi connectivity index (χ3n) is 3.70. The number of halogens is 1. The van der Waals surface area contributed by atoms with Gasteiger partial charge in [0.1, 0.15) is 0 Å². The van der Waals surface area contributed by atoms with Gasteiger partial charge in [0, 0.05) is 9.75 Å². The second kappa shape index (κ2) is 5.07. The molecule has 1 unspecified atom stereocenters. The van der Waals surface area contributed by atoms with Crippen LogP contribution in [0.5, 0.6) is 0 Å². The molecule has 0 radical (unpaired) electrons. The van der Waals surface area contributed by atoms with Crippen LogP contribution >= 0.6 is 22.9 Å². The summed E-state index contributed by atoms with van der Waals surface area (Å²) in [5, 5.41) is 0.0150. The van der Waals surface area contributed by atoms with E-state index in [4.69, 9.17) is 11.6 Å². The molecule has 1 heterocycles. The summed E-state index contributed by atoms with van der Waals surface area (Å²) in [6.07, 6.45) is 4.85. The summed E-state index contributed by atoms with van der Waals surface area (Å²) in [5.74, 6) is 0. The van der Waals surface area contributed by atoms with Gasteiger partial charge < -0.3 is 0 Å². The topological polar surface area (TPSA) is 0 Å². The van der Waals surface area contributed by atoms with E-state index >= 15 is 0 Å². The van der Waals surface area contributed by atoms with Crippen LogP contribution in [0, 0.1) is 0 Å². The monoisotopic (exact) mass is 276 g/mol. The van der Waals surface area contributed by atoms with Gasteiger partial charge in [-0.25, -0.2) is 0 Å². The minimum atomic E-state index is 0.0150. The fourth-order valence-electron chi connectivity index (χ4n) is 2.63. The van der Waals surface area contributed by atoms with E-state index < -0.39 is 0 Å².